The molecule has 0 spiro atoms. The number of thioether (sulfide) groups is 1. The van der Waals surface area contributed by atoms with Crippen LogP contribution in [0.5, 0.6) is 0 Å². The summed E-state index contributed by atoms with van der Waals surface area (Å²) in [5.74, 6) is 0. The molecule has 0 radical (unpaired) electrons. The van der Waals surface area contributed by atoms with Crippen LogP contribution in [0.15, 0.2) is 27.6 Å². The lowest BCUT2D eigenvalue weighted by Crippen LogP contribution is -1.91. The lowest BCUT2D eigenvalue weighted by molar-refractivity contribution is -0.388. The van der Waals surface area contributed by atoms with Crippen LogP contribution in [0, 0.1) is 10.1 Å². The first-order valence-electron chi connectivity index (χ1n) is 3.13. The average Bonchev–Trinajstić information content (AvgIpc) is 2.03. The van der Waals surface area contributed by atoms with E-state index in [0.29, 0.717) is 9.37 Å². The number of para-hydroxylation sites is 1. The first-order valence-corrected chi connectivity index (χ1v) is 5.15. The second-order valence-electron chi connectivity index (χ2n) is 2.05. The SMILES string of the molecule is CSc1cccc(Br)c1[N+](=O)[O-]. The standard InChI is InChI=1S/C7H6BrNO2S/c1-12-6-4-2-3-5(8)7(6)9(10)11/h2-4H,1H3. The molecule has 0 atom stereocenters. The Labute approximate surface area is 82.4 Å². The molecule has 1 aromatic rings. The van der Waals surface area contributed by atoms with Crippen molar-refractivity contribution in [2.24, 2.45) is 0 Å². The third-order valence-corrected chi connectivity index (χ3v) is 2.76. The van der Waals surface area contributed by atoms with E-state index in [1.807, 2.05) is 6.26 Å². The van der Waals surface area contributed by atoms with Crippen molar-refractivity contribution in [1.82, 2.24) is 0 Å². The zero-order valence-corrected chi connectivity index (χ0v) is 8.68. The van der Waals surface area contributed by atoms with E-state index in [4.69, 9.17) is 0 Å². The van der Waals surface area contributed by atoms with Gasteiger partial charge >= 0.3 is 0 Å². The highest BCUT2D eigenvalue weighted by atomic mass is 79.9. The van der Waals surface area contributed by atoms with E-state index in [1.54, 1.807) is 18.2 Å². The molecule has 0 aliphatic heterocycles. The highest BCUT2D eigenvalue weighted by molar-refractivity contribution is 9.10. The molecule has 0 N–H and O–H groups in total. The maximum absolute atomic E-state index is 10.6. The van der Waals surface area contributed by atoms with Crippen molar-refractivity contribution in [3.63, 3.8) is 0 Å². The second kappa shape index (κ2) is 3.91. The van der Waals surface area contributed by atoms with E-state index in [9.17, 15) is 10.1 Å². The van der Waals surface area contributed by atoms with Crippen LogP contribution in [-0.4, -0.2) is 11.2 Å². The molecule has 1 rings (SSSR count). The summed E-state index contributed by atoms with van der Waals surface area (Å²) < 4.78 is 0.527. The van der Waals surface area contributed by atoms with Crippen molar-refractivity contribution >= 4 is 33.4 Å². The fourth-order valence-electron chi connectivity index (χ4n) is 0.837. The topological polar surface area (TPSA) is 43.1 Å². The Hall–Kier alpha value is -0.550. The van der Waals surface area contributed by atoms with Crippen LogP contribution in [0.1, 0.15) is 0 Å². The fourth-order valence-corrected chi connectivity index (χ4v) is 2.07. The zero-order chi connectivity index (χ0) is 9.14. The minimum absolute atomic E-state index is 0.144. The lowest BCUT2D eigenvalue weighted by atomic mass is 10.3. The molecule has 0 aromatic heterocycles. The third kappa shape index (κ3) is 1.78. The summed E-state index contributed by atoms with van der Waals surface area (Å²) in [6.07, 6.45) is 1.81. The van der Waals surface area contributed by atoms with Gasteiger partial charge in [0, 0.05) is 0 Å². The summed E-state index contributed by atoms with van der Waals surface area (Å²) in [5.41, 5.74) is 0.144. The van der Waals surface area contributed by atoms with Crippen molar-refractivity contribution in [1.29, 1.82) is 0 Å². The molecular weight excluding hydrogens is 242 g/mol. The Morgan fingerprint density at radius 1 is 1.58 bits per heavy atom. The van der Waals surface area contributed by atoms with E-state index >= 15 is 0 Å². The number of nitro groups is 1. The molecule has 0 heterocycles. The van der Waals surface area contributed by atoms with Gasteiger partial charge in [-0.2, -0.15) is 0 Å². The molecule has 64 valence electrons. The van der Waals surface area contributed by atoms with Crippen molar-refractivity contribution in [3.05, 3.63) is 32.8 Å². The first kappa shape index (κ1) is 9.54. The van der Waals surface area contributed by atoms with Crippen LogP contribution in [0.2, 0.25) is 0 Å². The highest BCUT2D eigenvalue weighted by Crippen LogP contribution is 2.33. The zero-order valence-electron chi connectivity index (χ0n) is 6.28. The molecule has 0 bridgehead atoms. The van der Waals surface area contributed by atoms with Gasteiger partial charge in [-0.15, -0.1) is 11.8 Å². The van der Waals surface area contributed by atoms with Crippen molar-refractivity contribution in [2.75, 3.05) is 6.26 Å². The van der Waals surface area contributed by atoms with Crippen molar-refractivity contribution in [2.45, 2.75) is 4.90 Å². The summed E-state index contributed by atoms with van der Waals surface area (Å²) in [4.78, 5) is 10.9. The molecule has 0 saturated heterocycles. The quantitative estimate of drug-likeness (QED) is 0.459. The Kier molecular flexibility index (Phi) is 3.11. The van der Waals surface area contributed by atoms with Gasteiger partial charge in [0.2, 0.25) is 0 Å². The predicted octanol–water partition coefficient (Wildman–Crippen LogP) is 3.08. The molecule has 12 heavy (non-hydrogen) atoms. The molecule has 0 amide bonds. The molecular formula is C7H6BrNO2S. The van der Waals surface area contributed by atoms with Crippen LogP contribution in [-0.2, 0) is 0 Å². The van der Waals surface area contributed by atoms with Crippen LogP contribution >= 0.6 is 27.7 Å². The van der Waals surface area contributed by atoms with Gasteiger partial charge in [0.25, 0.3) is 5.69 Å². The van der Waals surface area contributed by atoms with E-state index in [1.165, 1.54) is 11.8 Å². The number of nitro benzene ring substituents is 1. The number of halogens is 1. The molecule has 5 heteroatoms. The monoisotopic (exact) mass is 247 g/mol. The molecule has 1 aromatic carbocycles. The molecule has 0 fully saturated rings. The number of nitrogens with zero attached hydrogens (tertiary/aromatic N) is 1. The van der Waals surface area contributed by atoms with Gasteiger partial charge in [0.05, 0.1) is 14.3 Å². The first-order chi connectivity index (χ1) is 5.66. The number of rotatable bonds is 2. The minimum atomic E-state index is -0.379. The Bertz CT molecular complexity index is 316. The Morgan fingerprint density at radius 3 is 2.67 bits per heavy atom. The van der Waals surface area contributed by atoms with Crippen molar-refractivity contribution in [3.8, 4) is 0 Å². The summed E-state index contributed by atoms with van der Waals surface area (Å²) in [6, 6.07) is 5.17. The average molecular weight is 248 g/mol. The largest absolute Gasteiger partial charge is 0.296 e. The summed E-state index contributed by atoms with van der Waals surface area (Å²) in [6.45, 7) is 0. The molecule has 0 saturated carbocycles. The minimum Gasteiger partial charge on any atom is -0.258 e. The van der Waals surface area contributed by atoms with Gasteiger partial charge in [0.1, 0.15) is 0 Å². The summed E-state index contributed by atoms with van der Waals surface area (Å²) in [5, 5.41) is 10.6. The fraction of sp³-hybridized carbons (Fsp3) is 0.143. The van der Waals surface area contributed by atoms with E-state index < -0.39 is 0 Å². The van der Waals surface area contributed by atoms with Crippen LogP contribution < -0.4 is 0 Å². The van der Waals surface area contributed by atoms with E-state index in [2.05, 4.69) is 15.9 Å². The van der Waals surface area contributed by atoms with Gasteiger partial charge in [-0.3, -0.25) is 10.1 Å². The van der Waals surface area contributed by atoms with Gasteiger partial charge in [-0.25, -0.2) is 0 Å². The highest BCUT2D eigenvalue weighted by Gasteiger charge is 2.16. The van der Waals surface area contributed by atoms with E-state index in [-0.39, 0.29) is 10.6 Å². The maximum Gasteiger partial charge on any atom is 0.296 e. The molecule has 0 aliphatic rings. The number of benzene rings is 1. The van der Waals surface area contributed by atoms with Gasteiger partial charge in [-0.05, 0) is 34.3 Å². The van der Waals surface area contributed by atoms with Crippen molar-refractivity contribution < 1.29 is 4.92 Å². The van der Waals surface area contributed by atoms with Crippen LogP contribution in [0.4, 0.5) is 5.69 Å². The third-order valence-electron chi connectivity index (χ3n) is 1.35. The second-order valence-corrected chi connectivity index (χ2v) is 3.75. The Balaban J connectivity index is 3.29. The lowest BCUT2D eigenvalue weighted by Gasteiger charge is -1.99. The number of hydrogen-bond acceptors (Lipinski definition) is 3. The molecule has 3 nitrogen and oxygen atoms in total. The predicted molar refractivity (Wildman–Crippen MR) is 52.6 cm³/mol. The summed E-state index contributed by atoms with van der Waals surface area (Å²) in [7, 11) is 0. The van der Waals surface area contributed by atoms with Gasteiger partial charge in [-0.1, -0.05) is 6.07 Å². The Morgan fingerprint density at radius 2 is 2.25 bits per heavy atom. The molecule has 0 unspecified atom stereocenters. The van der Waals surface area contributed by atoms with Crippen LogP contribution in [0.25, 0.3) is 0 Å². The number of hydrogen-bond donors (Lipinski definition) is 0. The normalized spacial score (nSPS) is 9.83. The maximum atomic E-state index is 10.6. The summed E-state index contributed by atoms with van der Waals surface area (Å²) >= 11 is 4.50. The smallest absolute Gasteiger partial charge is 0.258 e. The molecule has 0 aliphatic carbocycles. The van der Waals surface area contributed by atoms with E-state index in [0.717, 1.165) is 0 Å². The van der Waals surface area contributed by atoms with Crippen LogP contribution in [0.3, 0.4) is 0 Å². The van der Waals surface area contributed by atoms with Gasteiger partial charge < -0.3 is 0 Å². The van der Waals surface area contributed by atoms with Gasteiger partial charge in [0.15, 0.2) is 0 Å².